The van der Waals surface area contributed by atoms with Gasteiger partial charge in [-0.3, -0.25) is 4.90 Å². The van der Waals surface area contributed by atoms with Crippen molar-refractivity contribution in [3.8, 4) is 11.5 Å². The van der Waals surface area contributed by atoms with Crippen molar-refractivity contribution in [3.63, 3.8) is 0 Å². The third-order valence-electron chi connectivity index (χ3n) is 4.64. The molecule has 28 heavy (non-hydrogen) atoms. The third kappa shape index (κ3) is 5.27. The zero-order chi connectivity index (χ0) is 19.9. The molecule has 0 spiro atoms. The molecule has 1 N–H and O–H groups in total. The average Bonchev–Trinajstić information content (AvgIpc) is 3.33. The number of phenols is 1. The molecule has 1 aliphatic heterocycles. The van der Waals surface area contributed by atoms with E-state index in [9.17, 15) is 5.11 Å². The Morgan fingerprint density at radius 1 is 1.43 bits per heavy atom. The second kappa shape index (κ2) is 9.95. The van der Waals surface area contributed by atoms with Gasteiger partial charge in [0.15, 0.2) is 16.7 Å². The van der Waals surface area contributed by atoms with Crippen LogP contribution < -0.4 is 4.74 Å². The van der Waals surface area contributed by atoms with Gasteiger partial charge in [0.2, 0.25) is 0 Å². The van der Waals surface area contributed by atoms with E-state index in [0.717, 1.165) is 41.7 Å². The van der Waals surface area contributed by atoms with Gasteiger partial charge in [0.25, 0.3) is 0 Å². The first kappa shape index (κ1) is 20.7. The van der Waals surface area contributed by atoms with Gasteiger partial charge >= 0.3 is 0 Å². The van der Waals surface area contributed by atoms with E-state index in [4.69, 9.17) is 9.47 Å². The van der Waals surface area contributed by atoms with Gasteiger partial charge in [-0.1, -0.05) is 23.9 Å². The van der Waals surface area contributed by atoms with Gasteiger partial charge in [-0.25, -0.2) is 0 Å². The molecule has 0 bridgehead atoms. The summed E-state index contributed by atoms with van der Waals surface area (Å²) in [6, 6.07) is 5.40. The Labute approximate surface area is 170 Å². The van der Waals surface area contributed by atoms with Crippen LogP contribution in [0.3, 0.4) is 0 Å². The minimum Gasteiger partial charge on any atom is -0.504 e. The number of rotatable bonds is 10. The molecule has 1 aliphatic rings. The summed E-state index contributed by atoms with van der Waals surface area (Å²) >= 11 is 1.70. The highest BCUT2D eigenvalue weighted by Crippen LogP contribution is 2.27. The first-order valence-corrected chi connectivity index (χ1v) is 10.4. The number of benzene rings is 1. The minimum atomic E-state index is 0.146. The standard InChI is InChI=1S/C20H28N4O3S/c1-4-9-24-19(21-22-20(24)28-14-16-6-5-10-27-16)13-23(2)12-15-7-8-17(25)18(11-15)26-3/h4,7-8,11,16,25H,1,5-6,9-10,12-14H2,2-3H3/t16-/m1/s1. The van der Waals surface area contributed by atoms with Crippen LogP contribution in [-0.2, 0) is 24.4 Å². The molecule has 7 nitrogen and oxygen atoms in total. The normalized spacial score (nSPS) is 16.6. The van der Waals surface area contributed by atoms with Gasteiger partial charge in [0.1, 0.15) is 5.82 Å². The predicted molar refractivity (Wildman–Crippen MR) is 110 cm³/mol. The molecule has 0 aliphatic carbocycles. The fraction of sp³-hybridized carbons (Fsp3) is 0.500. The monoisotopic (exact) mass is 404 g/mol. The van der Waals surface area contributed by atoms with E-state index >= 15 is 0 Å². The zero-order valence-corrected chi connectivity index (χ0v) is 17.3. The number of phenolic OH excluding ortho intramolecular Hbond substituents is 1. The van der Waals surface area contributed by atoms with E-state index in [1.54, 1.807) is 24.9 Å². The van der Waals surface area contributed by atoms with Gasteiger partial charge in [0.05, 0.1) is 19.8 Å². The molecule has 2 aromatic rings. The van der Waals surface area contributed by atoms with E-state index in [1.807, 2.05) is 25.3 Å². The minimum absolute atomic E-state index is 0.146. The highest BCUT2D eigenvalue weighted by molar-refractivity contribution is 7.99. The lowest BCUT2D eigenvalue weighted by Crippen LogP contribution is -2.20. The van der Waals surface area contributed by atoms with Crippen molar-refractivity contribution in [3.05, 3.63) is 42.2 Å². The Bertz CT molecular complexity index is 790. The van der Waals surface area contributed by atoms with Crippen LogP contribution in [0.5, 0.6) is 11.5 Å². The Morgan fingerprint density at radius 3 is 3.00 bits per heavy atom. The summed E-state index contributed by atoms with van der Waals surface area (Å²) in [5.41, 5.74) is 1.06. The smallest absolute Gasteiger partial charge is 0.191 e. The first-order valence-electron chi connectivity index (χ1n) is 9.42. The number of aromatic hydroxyl groups is 1. The number of hydrogen-bond donors (Lipinski definition) is 1. The third-order valence-corrected chi connectivity index (χ3v) is 5.73. The molecule has 152 valence electrons. The quantitative estimate of drug-likeness (QED) is 0.482. The average molecular weight is 405 g/mol. The zero-order valence-electron chi connectivity index (χ0n) is 16.5. The molecule has 0 amide bonds. The van der Waals surface area contributed by atoms with Crippen molar-refractivity contribution in [2.75, 3.05) is 26.5 Å². The number of hydrogen-bond acceptors (Lipinski definition) is 7. The van der Waals surface area contributed by atoms with Gasteiger partial charge in [-0.05, 0) is 37.6 Å². The van der Waals surface area contributed by atoms with E-state index in [-0.39, 0.29) is 5.75 Å². The van der Waals surface area contributed by atoms with Gasteiger partial charge in [0, 0.05) is 25.4 Å². The van der Waals surface area contributed by atoms with Crippen LogP contribution in [0.1, 0.15) is 24.2 Å². The lowest BCUT2D eigenvalue weighted by Gasteiger charge is -2.18. The molecule has 0 radical (unpaired) electrons. The number of ether oxygens (including phenoxy) is 2. The lowest BCUT2D eigenvalue weighted by atomic mass is 10.2. The molecule has 8 heteroatoms. The molecule has 1 aromatic heterocycles. The molecule has 0 unspecified atom stereocenters. The van der Waals surface area contributed by atoms with E-state index in [0.29, 0.717) is 31.5 Å². The Hall–Kier alpha value is -2.03. The van der Waals surface area contributed by atoms with Crippen molar-refractivity contribution in [1.29, 1.82) is 0 Å². The lowest BCUT2D eigenvalue weighted by molar-refractivity contribution is 0.129. The second-order valence-electron chi connectivity index (χ2n) is 6.92. The van der Waals surface area contributed by atoms with Crippen molar-refractivity contribution < 1.29 is 14.6 Å². The molecule has 1 fully saturated rings. The topological polar surface area (TPSA) is 72.6 Å². The summed E-state index contributed by atoms with van der Waals surface area (Å²) in [5, 5.41) is 19.5. The Balaban J connectivity index is 1.64. The maximum atomic E-state index is 9.75. The summed E-state index contributed by atoms with van der Waals surface area (Å²) < 4.78 is 13.0. The van der Waals surface area contributed by atoms with E-state index < -0.39 is 0 Å². The summed E-state index contributed by atoms with van der Waals surface area (Å²) in [4.78, 5) is 2.16. The highest BCUT2D eigenvalue weighted by atomic mass is 32.2. The predicted octanol–water partition coefficient (Wildman–Crippen LogP) is 3.08. The largest absolute Gasteiger partial charge is 0.504 e. The molecular formula is C20H28N4O3S. The number of thioether (sulfide) groups is 1. The molecule has 1 aromatic carbocycles. The summed E-state index contributed by atoms with van der Waals surface area (Å²) in [6.07, 6.45) is 4.44. The highest BCUT2D eigenvalue weighted by Gasteiger charge is 2.19. The molecule has 3 rings (SSSR count). The van der Waals surface area contributed by atoms with Gasteiger partial charge in [-0.2, -0.15) is 0 Å². The number of nitrogens with zero attached hydrogens (tertiary/aromatic N) is 4. The van der Waals surface area contributed by atoms with Crippen LogP contribution in [0.25, 0.3) is 0 Å². The summed E-state index contributed by atoms with van der Waals surface area (Å²) in [7, 11) is 3.58. The van der Waals surface area contributed by atoms with Crippen LogP contribution in [0, 0.1) is 0 Å². The molecule has 2 heterocycles. The molecular weight excluding hydrogens is 376 g/mol. The van der Waals surface area contributed by atoms with Crippen LogP contribution in [0.4, 0.5) is 0 Å². The van der Waals surface area contributed by atoms with Gasteiger partial charge in [-0.15, -0.1) is 16.8 Å². The van der Waals surface area contributed by atoms with Gasteiger partial charge < -0.3 is 19.1 Å². The van der Waals surface area contributed by atoms with Crippen LogP contribution in [-0.4, -0.2) is 57.4 Å². The Morgan fingerprint density at radius 2 is 2.29 bits per heavy atom. The fourth-order valence-corrected chi connectivity index (χ4v) is 4.26. The van der Waals surface area contributed by atoms with E-state index in [1.165, 1.54) is 0 Å². The van der Waals surface area contributed by atoms with Crippen molar-refractivity contribution >= 4 is 11.8 Å². The van der Waals surface area contributed by atoms with Crippen molar-refractivity contribution in [2.45, 2.75) is 43.7 Å². The van der Waals surface area contributed by atoms with Crippen molar-refractivity contribution in [2.24, 2.45) is 0 Å². The van der Waals surface area contributed by atoms with E-state index in [2.05, 4.69) is 26.2 Å². The maximum Gasteiger partial charge on any atom is 0.191 e. The molecule has 1 atom stereocenters. The maximum absolute atomic E-state index is 9.75. The number of allylic oxidation sites excluding steroid dienone is 1. The summed E-state index contributed by atoms with van der Waals surface area (Å²) in [5.74, 6) is 2.43. The summed E-state index contributed by atoms with van der Waals surface area (Å²) in [6.45, 7) is 6.77. The SMILES string of the molecule is C=CCn1c(CN(C)Cc2ccc(O)c(OC)c2)nnc1SC[C@H]1CCCO1. The fourth-order valence-electron chi connectivity index (χ4n) is 3.23. The first-order chi connectivity index (χ1) is 13.6. The number of methoxy groups -OCH3 is 1. The van der Waals surface area contributed by atoms with Crippen LogP contribution >= 0.6 is 11.8 Å². The van der Waals surface area contributed by atoms with Crippen molar-refractivity contribution in [1.82, 2.24) is 19.7 Å². The molecule has 0 saturated carbocycles. The second-order valence-corrected chi connectivity index (χ2v) is 7.91. The number of aromatic nitrogens is 3. The Kier molecular flexibility index (Phi) is 7.36. The van der Waals surface area contributed by atoms with Crippen LogP contribution in [0.2, 0.25) is 0 Å². The van der Waals surface area contributed by atoms with Crippen LogP contribution in [0.15, 0.2) is 36.0 Å². The molecule has 1 saturated heterocycles.